The summed E-state index contributed by atoms with van der Waals surface area (Å²) < 4.78 is 1.05. The fraction of sp³-hybridized carbons (Fsp3) is 0.500. The minimum absolute atomic E-state index is 0.455. The molecule has 3 saturated heterocycles. The first-order valence-electron chi connectivity index (χ1n) is 6.72. The second kappa shape index (κ2) is 5.38. The first-order valence-corrected chi connectivity index (χ1v) is 7.92. The summed E-state index contributed by atoms with van der Waals surface area (Å²) >= 11 is 8.66. The van der Waals surface area contributed by atoms with E-state index in [-0.39, 0.29) is 0 Å². The molecule has 2 bridgehead atoms. The lowest BCUT2D eigenvalue weighted by Gasteiger charge is -2.45. The van der Waals surface area contributed by atoms with Crippen molar-refractivity contribution in [2.45, 2.75) is 18.9 Å². The van der Waals surface area contributed by atoms with E-state index in [2.05, 4.69) is 32.2 Å². The van der Waals surface area contributed by atoms with Crippen LogP contribution in [0.15, 0.2) is 22.7 Å². The SMILES string of the molecule is NC(=S)c1ccc(Br)cc1NC1CN2CCC1CC2. The number of piperidine rings is 3. The number of rotatable bonds is 3. The van der Waals surface area contributed by atoms with Gasteiger partial charge in [-0.25, -0.2) is 0 Å². The number of nitrogens with two attached hydrogens (primary N) is 1. The van der Waals surface area contributed by atoms with E-state index in [9.17, 15) is 0 Å². The second-order valence-corrected chi connectivity index (χ2v) is 6.80. The average Bonchev–Trinajstić information content (AvgIpc) is 2.40. The normalized spacial score (nSPS) is 29.2. The molecule has 1 aromatic rings. The number of nitrogens with zero attached hydrogens (tertiary/aromatic N) is 1. The third-order valence-corrected chi connectivity index (χ3v) is 4.96. The Hall–Kier alpha value is -0.650. The van der Waals surface area contributed by atoms with E-state index >= 15 is 0 Å². The Bertz CT molecular complexity index is 497. The predicted molar refractivity (Wildman–Crippen MR) is 86.6 cm³/mol. The molecule has 5 heteroatoms. The Morgan fingerprint density at radius 3 is 2.68 bits per heavy atom. The predicted octanol–water partition coefficient (Wildman–Crippen LogP) is 2.59. The molecule has 0 aromatic heterocycles. The number of halogens is 1. The molecule has 19 heavy (non-hydrogen) atoms. The Kier molecular flexibility index (Phi) is 3.78. The molecule has 0 aliphatic carbocycles. The van der Waals surface area contributed by atoms with Gasteiger partial charge in [-0.15, -0.1) is 0 Å². The third-order valence-electron chi connectivity index (χ3n) is 4.24. The topological polar surface area (TPSA) is 41.3 Å². The lowest BCUT2D eigenvalue weighted by molar-refractivity contribution is 0.0975. The van der Waals surface area contributed by atoms with Crippen molar-refractivity contribution in [2.75, 3.05) is 25.0 Å². The van der Waals surface area contributed by atoms with Gasteiger partial charge in [-0.2, -0.15) is 0 Å². The van der Waals surface area contributed by atoms with Crippen LogP contribution in [0.5, 0.6) is 0 Å². The highest BCUT2D eigenvalue weighted by atomic mass is 79.9. The van der Waals surface area contributed by atoms with Crippen molar-refractivity contribution < 1.29 is 0 Å². The molecule has 3 heterocycles. The molecule has 1 unspecified atom stereocenters. The van der Waals surface area contributed by atoms with Crippen molar-refractivity contribution >= 4 is 38.8 Å². The second-order valence-electron chi connectivity index (χ2n) is 5.44. The molecule has 1 atom stereocenters. The minimum atomic E-state index is 0.455. The number of hydrogen-bond acceptors (Lipinski definition) is 3. The Morgan fingerprint density at radius 1 is 1.37 bits per heavy atom. The summed E-state index contributed by atoms with van der Waals surface area (Å²) in [6.07, 6.45) is 2.60. The van der Waals surface area contributed by atoms with Gasteiger partial charge >= 0.3 is 0 Å². The van der Waals surface area contributed by atoms with Crippen molar-refractivity contribution in [1.82, 2.24) is 4.90 Å². The van der Waals surface area contributed by atoms with E-state index in [1.165, 1.54) is 25.9 Å². The standard InChI is InChI=1S/C14H18BrN3S/c15-10-1-2-11(14(16)19)12(7-10)17-13-8-18-5-3-9(13)4-6-18/h1-2,7,9,13,17H,3-6,8H2,(H2,16,19). The summed E-state index contributed by atoms with van der Waals surface area (Å²) in [5.41, 5.74) is 7.81. The van der Waals surface area contributed by atoms with Crippen LogP contribution >= 0.6 is 28.1 Å². The fourth-order valence-electron chi connectivity index (χ4n) is 3.18. The van der Waals surface area contributed by atoms with Crippen LogP contribution in [0.2, 0.25) is 0 Å². The Morgan fingerprint density at radius 2 is 2.11 bits per heavy atom. The van der Waals surface area contributed by atoms with Crippen LogP contribution in [0.4, 0.5) is 5.69 Å². The smallest absolute Gasteiger partial charge is 0.106 e. The maximum Gasteiger partial charge on any atom is 0.106 e. The summed E-state index contributed by atoms with van der Waals surface area (Å²) in [7, 11) is 0. The quantitative estimate of drug-likeness (QED) is 0.830. The number of thiocarbonyl (C=S) groups is 1. The number of benzene rings is 1. The molecule has 3 fully saturated rings. The number of fused-ring (bicyclic) bond motifs is 3. The van der Waals surface area contributed by atoms with E-state index in [0.717, 1.165) is 28.2 Å². The van der Waals surface area contributed by atoms with Gasteiger partial charge in [0, 0.05) is 28.3 Å². The summed E-state index contributed by atoms with van der Waals surface area (Å²) in [5.74, 6) is 0.781. The number of nitrogens with one attached hydrogen (secondary N) is 1. The third kappa shape index (κ3) is 2.78. The van der Waals surface area contributed by atoms with Gasteiger partial charge in [0.05, 0.1) is 0 Å². The molecular formula is C14H18BrN3S. The number of anilines is 1. The summed E-state index contributed by atoms with van der Waals surface area (Å²) in [6, 6.07) is 6.56. The molecule has 1 aromatic carbocycles. The lowest BCUT2D eigenvalue weighted by Crippen LogP contribution is -2.53. The lowest BCUT2D eigenvalue weighted by atomic mass is 9.84. The molecule has 0 amide bonds. The van der Waals surface area contributed by atoms with Gasteiger partial charge in [0.25, 0.3) is 0 Å². The molecule has 0 spiro atoms. The Labute approximate surface area is 127 Å². The van der Waals surface area contributed by atoms with Crippen LogP contribution in [0.3, 0.4) is 0 Å². The van der Waals surface area contributed by atoms with E-state index in [0.29, 0.717) is 11.0 Å². The largest absolute Gasteiger partial charge is 0.389 e. The summed E-state index contributed by atoms with van der Waals surface area (Å²) in [5, 5.41) is 3.66. The monoisotopic (exact) mass is 339 g/mol. The van der Waals surface area contributed by atoms with Gasteiger partial charge in [-0.05, 0) is 50.0 Å². The van der Waals surface area contributed by atoms with Crippen LogP contribution in [-0.2, 0) is 0 Å². The van der Waals surface area contributed by atoms with Crippen LogP contribution < -0.4 is 11.1 Å². The maximum absolute atomic E-state index is 5.81. The molecule has 3 N–H and O–H groups in total. The van der Waals surface area contributed by atoms with Crippen LogP contribution in [0.25, 0.3) is 0 Å². The molecule has 3 aliphatic rings. The molecule has 3 aliphatic heterocycles. The van der Waals surface area contributed by atoms with E-state index in [1.807, 2.05) is 12.1 Å². The zero-order chi connectivity index (χ0) is 13.4. The average molecular weight is 340 g/mol. The van der Waals surface area contributed by atoms with Crippen molar-refractivity contribution in [3.63, 3.8) is 0 Å². The zero-order valence-corrected chi connectivity index (χ0v) is 13.1. The fourth-order valence-corrected chi connectivity index (χ4v) is 3.72. The van der Waals surface area contributed by atoms with Crippen molar-refractivity contribution in [3.05, 3.63) is 28.2 Å². The van der Waals surface area contributed by atoms with E-state index in [4.69, 9.17) is 18.0 Å². The zero-order valence-electron chi connectivity index (χ0n) is 10.7. The molecule has 4 rings (SSSR count). The van der Waals surface area contributed by atoms with Gasteiger partial charge in [0.15, 0.2) is 0 Å². The molecule has 0 radical (unpaired) electrons. The van der Waals surface area contributed by atoms with Crippen LogP contribution in [0.1, 0.15) is 18.4 Å². The van der Waals surface area contributed by atoms with Crippen molar-refractivity contribution in [2.24, 2.45) is 11.7 Å². The van der Waals surface area contributed by atoms with Gasteiger partial charge in [-0.1, -0.05) is 28.1 Å². The molecule has 0 saturated carbocycles. The first-order chi connectivity index (χ1) is 9.13. The maximum atomic E-state index is 5.81. The van der Waals surface area contributed by atoms with Crippen molar-refractivity contribution in [3.8, 4) is 0 Å². The van der Waals surface area contributed by atoms with E-state index < -0.39 is 0 Å². The molecule has 3 nitrogen and oxygen atoms in total. The first kappa shape index (κ1) is 13.3. The van der Waals surface area contributed by atoms with Crippen LogP contribution in [0, 0.1) is 5.92 Å². The highest BCUT2D eigenvalue weighted by Gasteiger charge is 2.34. The van der Waals surface area contributed by atoms with Gasteiger partial charge in [-0.3, -0.25) is 0 Å². The Balaban J connectivity index is 1.83. The highest BCUT2D eigenvalue weighted by Crippen LogP contribution is 2.31. The van der Waals surface area contributed by atoms with E-state index in [1.54, 1.807) is 0 Å². The van der Waals surface area contributed by atoms with Gasteiger partial charge < -0.3 is 16.0 Å². The van der Waals surface area contributed by atoms with Crippen molar-refractivity contribution in [1.29, 1.82) is 0 Å². The molecule has 102 valence electrons. The molecular weight excluding hydrogens is 322 g/mol. The van der Waals surface area contributed by atoms with Gasteiger partial charge in [0.2, 0.25) is 0 Å². The summed E-state index contributed by atoms with van der Waals surface area (Å²) in [4.78, 5) is 2.99. The minimum Gasteiger partial charge on any atom is -0.389 e. The van der Waals surface area contributed by atoms with Crippen LogP contribution in [-0.4, -0.2) is 35.6 Å². The summed E-state index contributed by atoms with van der Waals surface area (Å²) in [6.45, 7) is 3.64. The van der Waals surface area contributed by atoms with Gasteiger partial charge in [0.1, 0.15) is 4.99 Å². The highest BCUT2D eigenvalue weighted by molar-refractivity contribution is 9.10. The number of hydrogen-bond donors (Lipinski definition) is 2.